The highest BCUT2D eigenvalue weighted by molar-refractivity contribution is 5.88. The molecule has 0 amide bonds. The van der Waals surface area contributed by atoms with Crippen LogP contribution in [0.4, 0.5) is 5.69 Å². The molecule has 19 heavy (non-hydrogen) atoms. The Morgan fingerprint density at radius 3 is 2.32 bits per heavy atom. The molecule has 0 bridgehead atoms. The number of para-hydroxylation sites is 1. The lowest BCUT2D eigenvalue weighted by molar-refractivity contribution is -0.268. The van der Waals surface area contributed by atoms with Crippen molar-refractivity contribution in [1.82, 2.24) is 6.15 Å². The number of aromatic carboxylic acids is 1. The van der Waals surface area contributed by atoms with Gasteiger partial charge in [0.1, 0.15) is 0 Å². The van der Waals surface area contributed by atoms with E-state index in [1.54, 1.807) is 30.3 Å². The van der Waals surface area contributed by atoms with Crippen molar-refractivity contribution < 1.29 is 15.0 Å². The average Bonchev–Trinajstić information content (AvgIpc) is 2.38. The SMILES string of the molecule is O=C(O)c1ccc(N=Cc2ccccc2[O-])cc1.[NH4+]. The molecule has 0 aliphatic heterocycles. The molecule has 0 aromatic heterocycles. The molecule has 2 aromatic rings. The van der Waals surface area contributed by atoms with E-state index < -0.39 is 5.97 Å². The standard InChI is InChI=1S/C14H11NO3.H3N/c16-13-4-2-1-3-11(13)9-15-12-7-5-10(6-8-12)14(17)18;/h1-9,16H,(H,17,18);1H3. The van der Waals surface area contributed by atoms with Gasteiger partial charge in [0.05, 0.1) is 11.3 Å². The molecule has 2 rings (SSSR count). The van der Waals surface area contributed by atoms with Crippen LogP contribution in [0.3, 0.4) is 0 Å². The van der Waals surface area contributed by atoms with Crippen molar-refractivity contribution >= 4 is 17.9 Å². The Bertz CT molecular complexity index is 592. The number of hydrogen-bond acceptors (Lipinski definition) is 3. The molecule has 0 atom stereocenters. The van der Waals surface area contributed by atoms with Gasteiger partial charge in [0.15, 0.2) is 0 Å². The molecule has 5 nitrogen and oxygen atoms in total. The molecule has 0 saturated carbocycles. The molecule has 0 aliphatic carbocycles. The van der Waals surface area contributed by atoms with E-state index in [0.29, 0.717) is 11.3 Å². The van der Waals surface area contributed by atoms with E-state index in [1.165, 1.54) is 24.4 Å². The van der Waals surface area contributed by atoms with Crippen LogP contribution in [0.2, 0.25) is 0 Å². The van der Waals surface area contributed by atoms with Gasteiger partial charge in [0, 0.05) is 6.21 Å². The molecule has 0 heterocycles. The maximum Gasteiger partial charge on any atom is 0.335 e. The second-order valence-corrected chi connectivity index (χ2v) is 3.65. The number of carbonyl (C=O) groups is 1. The van der Waals surface area contributed by atoms with Gasteiger partial charge in [0.2, 0.25) is 0 Å². The van der Waals surface area contributed by atoms with Crippen LogP contribution in [-0.2, 0) is 0 Å². The van der Waals surface area contributed by atoms with Gasteiger partial charge in [-0.05, 0) is 29.8 Å². The summed E-state index contributed by atoms with van der Waals surface area (Å²) in [5.41, 5.74) is 1.31. The van der Waals surface area contributed by atoms with Crippen LogP contribution in [0.5, 0.6) is 5.75 Å². The summed E-state index contributed by atoms with van der Waals surface area (Å²) in [6.45, 7) is 0. The number of quaternary nitrogens is 1. The van der Waals surface area contributed by atoms with Gasteiger partial charge in [-0.2, -0.15) is 0 Å². The van der Waals surface area contributed by atoms with Crippen LogP contribution < -0.4 is 11.3 Å². The van der Waals surface area contributed by atoms with Gasteiger partial charge >= 0.3 is 5.97 Å². The third kappa shape index (κ3) is 3.65. The van der Waals surface area contributed by atoms with Crippen LogP contribution in [0.25, 0.3) is 0 Å². The van der Waals surface area contributed by atoms with Crippen LogP contribution in [0.1, 0.15) is 15.9 Å². The summed E-state index contributed by atoms with van der Waals surface area (Å²) in [5, 5.41) is 20.2. The molecule has 5 heteroatoms. The van der Waals surface area contributed by atoms with E-state index in [4.69, 9.17) is 5.11 Å². The van der Waals surface area contributed by atoms with Crippen molar-refractivity contribution in [3.05, 3.63) is 59.7 Å². The van der Waals surface area contributed by atoms with E-state index in [1.807, 2.05) is 0 Å². The smallest absolute Gasteiger partial charge is 0.335 e. The summed E-state index contributed by atoms with van der Waals surface area (Å²) in [6, 6.07) is 12.7. The van der Waals surface area contributed by atoms with Crippen molar-refractivity contribution in [2.75, 3.05) is 0 Å². The zero-order valence-electron chi connectivity index (χ0n) is 10.4. The van der Waals surface area contributed by atoms with Gasteiger partial charge in [-0.15, -0.1) is 5.75 Å². The van der Waals surface area contributed by atoms with E-state index in [-0.39, 0.29) is 17.5 Å². The molecule has 0 unspecified atom stereocenters. The van der Waals surface area contributed by atoms with Crippen molar-refractivity contribution in [3.63, 3.8) is 0 Å². The minimum absolute atomic E-state index is 0. The summed E-state index contributed by atoms with van der Waals surface area (Å²) in [5.74, 6) is -1.07. The molecule has 0 spiro atoms. The molecule has 0 radical (unpaired) electrons. The van der Waals surface area contributed by atoms with Crippen molar-refractivity contribution in [2.45, 2.75) is 0 Å². The monoisotopic (exact) mass is 258 g/mol. The minimum Gasteiger partial charge on any atom is -0.872 e. The zero-order chi connectivity index (χ0) is 13.0. The quantitative estimate of drug-likeness (QED) is 0.825. The summed E-state index contributed by atoms with van der Waals surface area (Å²) < 4.78 is 0. The normalized spacial score (nSPS) is 10.1. The second kappa shape index (κ2) is 6.32. The Balaban J connectivity index is 0.00000180. The Labute approximate surface area is 110 Å². The van der Waals surface area contributed by atoms with Crippen LogP contribution in [0.15, 0.2) is 53.5 Å². The molecule has 0 saturated heterocycles. The number of hydrogen-bond donors (Lipinski definition) is 2. The first kappa shape index (κ1) is 14.4. The molecular formula is C14H14N2O3. The van der Waals surface area contributed by atoms with E-state index in [0.717, 1.165) is 0 Å². The first-order valence-electron chi connectivity index (χ1n) is 5.30. The highest BCUT2D eigenvalue weighted by Crippen LogP contribution is 2.15. The van der Waals surface area contributed by atoms with Gasteiger partial charge < -0.3 is 16.4 Å². The first-order chi connectivity index (χ1) is 8.66. The van der Waals surface area contributed by atoms with Gasteiger partial charge in [-0.3, -0.25) is 4.99 Å². The van der Waals surface area contributed by atoms with Gasteiger partial charge in [-0.1, -0.05) is 24.3 Å². The molecule has 0 aliphatic rings. The van der Waals surface area contributed by atoms with Gasteiger partial charge in [-0.25, -0.2) is 4.79 Å². The lowest BCUT2D eigenvalue weighted by atomic mass is 10.2. The summed E-state index contributed by atoms with van der Waals surface area (Å²) in [7, 11) is 0. The number of carboxylic acid groups (broad SMARTS) is 1. The highest BCUT2D eigenvalue weighted by Gasteiger charge is 2.00. The van der Waals surface area contributed by atoms with E-state index >= 15 is 0 Å². The number of nitrogens with zero attached hydrogens (tertiary/aromatic N) is 1. The topological polar surface area (TPSA) is 109 Å². The second-order valence-electron chi connectivity index (χ2n) is 3.65. The van der Waals surface area contributed by atoms with Crippen molar-refractivity contribution in [2.24, 2.45) is 4.99 Å². The lowest BCUT2D eigenvalue weighted by Crippen LogP contribution is -1.95. The average molecular weight is 258 g/mol. The van der Waals surface area contributed by atoms with Crippen LogP contribution >= 0.6 is 0 Å². The number of aliphatic imine (C=N–C) groups is 1. The fraction of sp³-hybridized carbons (Fsp3) is 0. The van der Waals surface area contributed by atoms with Crippen molar-refractivity contribution in [3.8, 4) is 5.75 Å². The van der Waals surface area contributed by atoms with E-state index in [2.05, 4.69) is 4.99 Å². The molecule has 0 fully saturated rings. The maximum atomic E-state index is 11.4. The lowest BCUT2D eigenvalue weighted by Gasteiger charge is -2.07. The fourth-order valence-corrected chi connectivity index (χ4v) is 1.42. The maximum absolute atomic E-state index is 11.4. The molecule has 2 aromatic carbocycles. The summed E-state index contributed by atoms with van der Waals surface area (Å²) in [6.07, 6.45) is 1.47. The first-order valence-corrected chi connectivity index (χ1v) is 5.30. The number of benzene rings is 2. The Hall–Kier alpha value is -2.66. The Morgan fingerprint density at radius 2 is 1.74 bits per heavy atom. The van der Waals surface area contributed by atoms with E-state index in [9.17, 15) is 9.90 Å². The third-order valence-corrected chi connectivity index (χ3v) is 2.39. The molecule has 5 N–H and O–H groups in total. The summed E-state index contributed by atoms with van der Waals surface area (Å²) >= 11 is 0. The molecular weight excluding hydrogens is 244 g/mol. The zero-order valence-corrected chi connectivity index (χ0v) is 10.4. The Kier molecular flexibility index (Phi) is 4.79. The fourth-order valence-electron chi connectivity index (χ4n) is 1.42. The predicted molar refractivity (Wildman–Crippen MR) is 72.5 cm³/mol. The summed E-state index contributed by atoms with van der Waals surface area (Å²) in [4.78, 5) is 14.8. The predicted octanol–water partition coefficient (Wildman–Crippen LogP) is 2.59. The third-order valence-electron chi connectivity index (χ3n) is 2.39. The number of rotatable bonds is 3. The van der Waals surface area contributed by atoms with Gasteiger partial charge in [0.25, 0.3) is 0 Å². The Morgan fingerprint density at radius 1 is 1.11 bits per heavy atom. The van der Waals surface area contributed by atoms with Crippen LogP contribution in [0, 0.1) is 0 Å². The number of carboxylic acids is 1. The molecule has 98 valence electrons. The van der Waals surface area contributed by atoms with Crippen molar-refractivity contribution in [1.29, 1.82) is 0 Å². The minimum atomic E-state index is -0.976. The largest absolute Gasteiger partial charge is 0.872 e. The van der Waals surface area contributed by atoms with Crippen LogP contribution in [-0.4, -0.2) is 17.3 Å². The highest BCUT2D eigenvalue weighted by atomic mass is 16.4.